The number of halogens is 3. The predicted octanol–water partition coefficient (Wildman–Crippen LogP) is 2.81. The molecule has 0 amide bonds. The molecule has 0 saturated carbocycles. The van der Waals surface area contributed by atoms with E-state index in [1.807, 2.05) is 30.8 Å². The molecular formula is C10H16F3N3S. The highest BCUT2D eigenvalue weighted by atomic mass is 32.2. The zero-order valence-electron chi connectivity index (χ0n) is 9.79. The van der Waals surface area contributed by atoms with Gasteiger partial charge in [0.15, 0.2) is 0 Å². The summed E-state index contributed by atoms with van der Waals surface area (Å²) in [5, 5.41) is 7.21. The highest BCUT2D eigenvalue weighted by Gasteiger charge is 2.27. The third-order valence-corrected chi connectivity index (χ3v) is 2.78. The fourth-order valence-corrected chi connectivity index (χ4v) is 1.69. The minimum atomic E-state index is -4.14. The van der Waals surface area contributed by atoms with E-state index in [0.29, 0.717) is 19.1 Å². The van der Waals surface area contributed by atoms with Crippen molar-refractivity contribution in [2.24, 2.45) is 0 Å². The number of alkyl halides is 3. The van der Waals surface area contributed by atoms with E-state index in [9.17, 15) is 13.2 Å². The Morgan fingerprint density at radius 3 is 2.71 bits per heavy atom. The van der Waals surface area contributed by atoms with Crippen LogP contribution in [0.25, 0.3) is 0 Å². The normalized spacial score (nSPS) is 12.4. The molecule has 1 aromatic heterocycles. The van der Waals surface area contributed by atoms with E-state index in [-0.39, 0.29) is 17.5 Å². The maximum absolute atomic E-state index is 11.8. The lowest BCUT2D eigenvalue weighted by molar-refractivity contribution is -0.0327. The first kappa shape index (κ1) is 14.4. The van der Waals surface area contributed by atoms with Crippen molar-refractivity contribution in [2.45, 2.75) is 31.9 Å². The second-order valence-corrected chi connectivity index (χ2v) is 5.01. The van der Waals surface area contributed by atoms with E-state index in [4.69, 9.17) is 0 Å². The smallest absolute Gasteiger partial charge is 0.310 e. The van der Waals surface area contributed by atoms with Gasteiger partial charge in [-0.2, -0.15) is 18.3 Å². The molecule has 0 aliphatic rings. The molecule has 0 unspecified atom stereocenters. The molecular weight excluding hydrogens is 251 g/mol. The summed E-state index contributed by atoms with van der Waals surface area (Å²) in [5.41, 5.74) is -3.29. The van der Waals surface area contributed by atoms with Gasteiger partial charge in [-0.1, -0.05) is 0 Å². The second kappa shape index (κ2) is 6.30. The third-order valence-electron chi connectivity index (χ3n) is 2.04. The Labute approximate surface area is 103 Å². The molecule has 0 fully saturated rings. The highest BCUT2D eigenvalue weighted by Crippen LogP contribution is 2.29. The number of hydrogen-bond acceptors (Lipinski definition) is 3. The molecule has 98 valence electrons. The molecule has 0 aliphatic carbocycles. The second-order valence-electron chi connectivity index (χ2n) is 3.85. The number of nitrogens with one attached hydrogen (secondary N) is 1. The van der Waals surface area contributed by atoms with Crippen LogP contribution in [0.4, 0.5) is 13.2 Å². The maximum atomic E-state index is 11.8. The fourth-order valence-electron chi connectivity index (χ4n) is 1.21. The average molecular weight is 267 g/mol. The van der Waals surface area contributed by atoms with Gasteiger partial charge in [-0.3, -0.25) is 4.68 Å². The molecule has 0 saturated heterocycles. The van der Waals surface area contributed by atoms with E-state index in [0.717, 1.165) is 5.69 Å². The number of rotatable bonds is 6. The van der Waals surface area contributed by atoms with Crippen LogP contribution < -0.4 is 5.32 Å². The molecule has 1 N–H and O–H groups in total. The molecule has 1 aromatic rings. The largest absolute Gasteiger partial charge is 0.441 e. The van der Waals surface area contributed by atoms with Gasteiger partial charge in [0.1, 0.15) is 0 Å². The van der Waals surface area contributed by atoms with Gasteiger partial charge >= 0.3 is 5.51 Å². The van der Waals surface area contributed by atoms with Crippen LogP contribution in [0.1, 0.15) is 25.6 Å². The minimum Gasteiger partial charge on any atom is -0.310 e. The van der Waals surface area contributed by atoms with Crippen LogP contribution in [0.2, 0.25) is 0 Å². The molecule has 7 heteroatoms. The highest BCUT2D eigenvalue weighted by molar-refractivity contribution is 8.00. The Balaban J connectivity index is 2.18. The topological polar surface area (TPSA) is 29.9 Å². The fraction of sp³-hybridized carbons (Fsp3) is 0.700. The summed E-state index contributed by atoms with van der Waals surface area (Å²) in [6.45, 7) is 4.85. The van der Waals surface area contributed by atoms with Crippen LogP contribution in [-0.4, -0.2) is 27.6 Å². The van der Waals surface area contributed by atoms with Gasteiger partial charge in [0.05, 0.1) is 5.69 Å². The van der Waals surface area contributed by atoms with Crippen LogP contribution in [0.3, 0.4) is 0 Å². The van der Waals surface area contributed by atoms with Crippen LogP contribution >= 0.6 is 11.8 Å². The molecule has 0 spiro atoms. The van der Waals surface area contributed by atoms with Crippen molar-refractivity contribution in [1.82, 2.24) is 15.1 Å². The van der Waals surface area contributed by atoms with Crippen LogP contribution in [0.5, 0.6) is 0 Å². The zero-order valence-corrected chi connectivity index (χ0v) is 10.6. The molecule has 0 radical (unpaired) electrons. The Morgan fingerprint density at radius 1 is 1.47 bits per heavy atom. The Hall–Kier alpha value is -0.690. The van der Waals surface area contributed by atoms with Crippen LogP contribution in [0.15, 0.2) is 12.3 Å². The van der Waals surface area contributed by atoms with Crippen molar-refractivity contribution in [3.05, 3.63) is 18.0 Å². The van der Waals surface area contributed by atoms with Gasteiger partial charge in [0, 0.05) is 31.1 Å². The third kappa shape index (κ3) is 5.97. The Bertz CT molecular complexity index is 336. The van der Waals surface area contributed by atoms with Gasteiger partial charge in [0.2, 0.25) is 0 Å². The Morgan fingerprint density at radius 2 is 2.18 bits per heavy atom. The molecule has 17 heavy (non-hydrogen) atoms. The molecule has 0 aromatic carbocycles. The van der Waals surface area contributed by atoms with Crippen molar-refractivity contribution < 1.29 is 13.2 Å². The summed E-state index contributed by atoms with van der Waals surface area (Å²) in [7, 11) is 0. The quantitative estimate of drug-likeness (QED) is 0.804. The summed E-state index contributed by atoms with van der Waals surface area (Å²) in [6, 6.07) is 2.16. The molecule has 0 atom stereocenters. The number of thioether (sulfide) groups is 1. The first-order valence-corrected chi connectivity index (χ1v) is 6.32. The van der Waals surface area contributed by atoms with Crippen molar-refractivity contribution >= 4 is 11.8 Å². The molecule has 3 nitrogen and oxygen atoms in total. The number of hydrogen-bond donors (Lipinski definition) is 1. The lowest BCUT2D eigenvalue weighted by atomic mass is 10.4. The van der Waals surface area contributed by atoms with Gasteiger partial charge in [-0.15, -0.1) is 0 Å². The SMILES string of the molecule is CC(C)n1ccc(CNCCSC(F)(F)F)n1. The van der Waals surface area contributed by atoms with Gasteiger partial charge in [0.25, 0.3) is 0 Å². The monoisotopic (exact) mass is 267 g/mol. The molecule has 0 aliphatic heterocycles. The summed E-state index contributed by atoms with van der Waals surface area (Å²) in [6.07, 6.45) is 1.87. The van der Waals surface area contributed by atoms with Crippen molar-refractivity contribution in [2.75, 3.05) is 12.3 Å². The van der Waals surface area contributed by atoms with Crippen molar-refractivity contribution in [3.63, 3.8) is 0 Å². The average Bonchev–Trinajstić information content (AvgIpc) is 2.64. The lowest BCUT2D eigenvalue weighted by Gasteiger charge is -2.06. The van der Waals surface area contributed by atoms with E-state index in [1.165, 1.54) is 0 Å². The molecule has 1 rings (SSSR count). The van der Waals surface area contributed by atoms with Gasteiger partial charge in [-0.25, -0.2) is 0 Å². The maximum Gasteiger partial charge on any atom is 0.441 e. The zero-order chi connectivity index (χ0) is 12.9. The lowest BCUT2D eigenvalue weighted by Crippen LogP contribution is -2.19. The first-order valence-electron chi connectivity index (χ1n) is 5.34. The van der Waals surface area contributed by atoms with E-state index in [1.54, 1.807) is 0 Å². The number of aromatic nitrogens is 2. The van der Waals surface area contributed by atoms with Crippen molar-refractivity contribution in [1.29, 1.82) is 0 Å². The summed E-state index contributed by atoms with van der Waals surface area (Å²) in [4.78, 5) is 0. The Kier molecular flexibility index (Phi) is 5.32. The van der Waals surface area contributed by atoms with E-state index in [2.05, 4.69) is 10.4 Å². The summed E-state index contributed by atoms with van der Waals surface area (Å²) >= 11 is -0.00930. The predicted molar refractivity (Wildman–Crippen MR) is 62.8 cm³/mol. The molecule has 0 bridgehead atoms. The standard InChI is InChI=1S/C10H16F3N3S/c1-8(2)16-5-3-9(15-16)7-14-4-6-17-10(11,12)13/h3,5,8,14H,4,6-7H2,1-2H3. The number of nitrogens with zero attached hydrogens (tertiary/aromatic N) is 2. The van der Waals surface area contributed by atoms with Gasteiger partial charge < -0.3 is 5.32 Å². The van der Waals surface area contributed by atoms with Crippen LogP contribution in [0, 0.1) is 0 Å². The molecule has 1 heterocycles. The van der Waals surface area contributed by atoms with Gasteiger partial charge in [-0.05, 0) is 31.7 Å². The van der Waals surface area contributed by atoms with E-state index >= 15 is 0 Å². The van der Waals surface area contributed by atoms with E-state index < -0.39 is 5.51 Å². The minimum absolute atomic E-state index is 0.00930. The first-order chi connectivity index (χ1) is 7.88. The summed E-state index contributed by atoms with van der Waals surface area (Å²) in [5.74, 6) is 0.0222. The van der Waals surface area contributed by atoms with Crippen molar-refractivity contribution in [3.8, 4) is 0 Å². The van der Waals surface area contributed by atoms with Crippen LogP contribution in [-0.2, 0) is 6.54 Å². The summed E-state index contributed by atoms with van der Waals surface area (Å²) < 4.78 is 37.3.